The van der Waals surface area contributed by atoms with Crippen molar-refractivity contribution in [1.82, 2.24) is 19.7 Å². The zero-order chi connectivity index (χ0) is 18.1. The summed E-state index contributed by atoms with van der Waals surface area (Å²) in [4.78, 5) is 18.9. The number of nitrogens with zero attached hydrogens (tertiary/aromatic N) is 4. The Hall–Kier alpha value is -1.95. The standard InChI is InChI=1S/C20H28N4O2/c1-14(2)18-11-21-19(26-18)13-23-9-7-15(8-10-23)12-24-20(25)6-5-17(22-24)16-3-4-16/h5-6,11,14-16H,3-4,7-10,12-13H2,1-2H3. The number of oxazole rings is 1. The van der Waals surface area contributed by atoms with Crippen molar-refractivity contribution in [1.29, 1.82) is 0 Å². The second-order valence-electron chi connectivity index (χ2n) is 8.08. The topological polar surface area (TPSA) is 64.2 Å². The molecule has 2 fully saturated rings. The molecule has 2 aromatic heterocycles. The van der Waals surface area contributed by atoms with Crippen molar-refractivity contribution in [3.8, 4) is 0 Å². The van der Waals surface area contributed by atoms with Gasteiger partial charge in [0.15, 0.2) is 0 Å². The van der Waals surface area contributed by atoms with E-state index >= 15 is 0 Å². The lowest BCUT2D eigenvalue weighted by Crippen LogP contribution is -2.36. The molecule has 1 aliphatic heterocycles. The number of aromatic nitrogens is 3. The van der Waals surface area contributed by atoms with E-state index in [0.717, 1.165) is 56.4 Å². The Morgan fingerprint density at radius 3 is 2.62 bits per heavy atom. The fourth-order valence-corrected chi connectivity index (χ4v) is 3.62. The average molecular weight is 356 g/mol. The van der Waals surface area contributed by atoms with Crippen molar-refractivity contribution >= 4 is 0 Å². The largest absolute Gasteiger partial charge is 0.444 e. The van der Waals surface area contributed by atoms with Crippen LogP contribution in [0.2, 0.25) is 0 Å². The molecule has 2 aromatic rings. The molecular formula is C20H28N4O2. The van der Waals surface area contributed by atoms with Gasteiger partial charge in [-0.15, -0.1) is 0 Å². The van der Waals surface area contributed by atoms with Crippen molar-refractivity contribution in [2.75, 3.05) is 13.1 Å². The highest BCUT2D eigenvalue weighted by molar-refractivity contribution is 5.12. The Morgan fingerprint density at radius 1 is 1.19 bits per heavy atom. The molecule has 0 radical (unpaired) electrons. The molecule has 3 heterocycles. The summed E-state index contributed by atoms with van der Waals surface area (Å²) in [6.07, 6.45) is 6.43. The predicted molar refractivity (Wildman–Crippen MR) is 99.1 cm³/mol. The summed E-state index contributed by atoms with van der Waals surface area (Å²) in [6, 6.07) is 3.59. The molecule has 0 spiro atoms. The van der Waals surface area contributed by atoms with E-state index in [-0.39, 0.29) is 5.56 Å². The molecule has 6 heteroatoms. The Balaban J connectivity index is 1.31. The van der Waals surface area contributed by atoms with Gasteiger partial charge >= 0.3 is 0 Å². The van der Waals surface area contributed by atoms with E-state index in [1.165, 1.54) is 12.8 Å². The molecule has 0 bridgehead atoms. The third kappa shape index (κ3) is 4.06. The molecular weight excluding hydrogens is 328 g/mol. The first-order valence-electron chi connectivity index (χ1n) is 9.83. The molecule has 1 aliphatic carbocycles. The summed E-state index contributed by atoms with van der Waals surface area (Å²) < 4.78 is 7.51. The fourth-order valence-electron chi connectivity index (χ4n) is 3.62. The third-order valence-corrected chi connectivity index (χ3v) is 5.52. The minimum absolute atomic E-state index is 0.0258. The highest BCUT2D eigenvalue weighted by atomic mass is 16.4. The molecule has 0 unspecified atom stereocenters. The van der Waals surface area contributed by atoms with Gasteiger partial charge in [-0.05, 0) is 50.8 Å². The van der Waals surface area contributed by atoms with Gasteiger partial charge in [0, 0.05) is 24.4 Å². The first-order valence-corrected chi connectivity index (χ1v) is 9.83. The molecule has 0 amide bonds. The van der Waals surface area contributed by atoms with E-state index in [1.54, 1.807) is 10.7 Å². The van der Waals surface area contributed by atoms with E-state index in [2.05, 4.69) is 28.8 Å². The molecule has 0 aromatic carbocycles. The van der Waals surface area contributed by atoms with Crippen LogP contribution in [0.15, 0.2) is 27.5 Å². The predicted octanol–water partition coefficient (Wildman–Crippen LogP) is 3.14. The normalized spacial score (nSPS) is 19.3. The molecule has 2 aliphatic rings. The molecule has 140 valence electrons. The monoisotopic (exact) mass is 356 g/mol. The number of likely N-dealkylation sites (tertiary alicyclic amines) is 1. The number of rotatable bonds is 6. The molecule has 0 atom stereocenters. The van der Waals surface area contributed by atoms with Crippen molar-refractivity contribution in [2.24, 2.45) is 5.92 Å². The smallest absolute Gasteiger partial charge is 0.266 e. The quantitative estimate of drug-likeness (QED) is 0.795. The molecule has 26 heavy (non-hydrogen) atoms. The van der Waals surface area contributed by atoms with E-state index in [4.69, 9.17) is 4.42 Å². The van der Waals surface area contributed by atoms with E-state index in [0.29, 0.717) is 17.8 Å². The van der Waals surface area contributed by atoms with Crippen LogP contribution in [0.1, 0.15) is 68.7 Å². The fraction of sp³-hybridized carbons (Fsp3) is 0.650. The Morgan fingerprint density at radius 2 is 1.96 bits per heavy atom. The van der Waals surface area contributed by atoms with Crippen LogP contribution >= 0.6 is 0 Å². The van der Waals surface area contributed by atoms with Gasteiger partial charge in [0.05, 0.1) is 18.4 Å². The van der Waals surface area contributed by atoms with Crippen LogP contribution in [0.3, 0.4) is 0 Å². The van der Waals surface area contributed by atoms with E-state index in [1.807, 2.05) is 12.3 Å². The highest BCUT2D eigenvalue weighted by Crippen LogP contribution is 2.38. The first-order chi connectivity index (χ1) is 12.6. The second kappa shape index (κ2) is 7.35. The maximum Gasteiger partial charge on any atom is 0.266 e. The zero-order valence-corrected chi connectivity index (χ0v) is 15.7. The Kier molecular flexibility index (Phi) is 4.94. The summed E-state index contributed by atoms with van der Waals surface area (Å²) in [6.45, 7) is 7.77. The molecule has 1 saturated carbocycles. The maximum atomic E-state index is 12.1. The first kappa shape index (κ1) is 17.5. The lowest BCUT2D eigenvalue weighted by atomic mass is 9.97. The third-order valence-electron chi connectivity index (χ3n) is 5.52. The molecule has 4 rings (SSSR count). The van der Waals surface area contributed by atoms with Crippen LogP contribution < -0.4 is 5.56 Å². The minimum atomic E-state index is 0.0258. The second-order valence-corrected chi connectivity index (χ2v) is 8.08. The Labute approximate surface area is 154 Å². The van der Waals surface area contributed by atoms with Crippen molar-refractivity contribution in [3.63, 3.8) is 0 Å². The van der Waals surface area contributed by atoms with Crippen LogP contribution in [0.5, 0.6) is 0 Å². The van der Waals surface area contributed by atoms with Crippen LogP contribution in [-0.2, 0) is 13.1 Å². The average Bonchev–Trinajstić information content (AvgIpc) is 3.37. The van der Waals surface area contributed by atoms with Gasteiger partial charge in [-0.1, -0.05) is 13.8 Å². The van der Waals surface area contributed by atoms with Crippen LogP contribution in [0, 0.1) is 5.92 Å². The van der Waals surface area contributed by atoms with Gasteiger partial charge in [-0.25, -0.2) is 9.67 Å². The lowest BCUT2D eigenvalue weighted by Gasteiger charge is -2.31. The SMILES string of the molecule is CC(C)c1cnc(CN2CCC(Cn3nc(C4CC4)ccc3=O)CC2)o1. The van der Waals surface area contributed by atoms with E-state index < -0.39 is 0 Å². The van der Waals surface area contributed by atoms with Crippen molar-refractivity contribution in [2.45, 2.75) is 64.5 Å². The summed E-state index contributed by atoms with van der Waals surface area (Å²) in [5.41, 5.74) is 1.12. The molecule has 6 nitrogen and oxygen atoms in total. The number of hydrogen-bond donors (Lipinski definition) is 0. The van der Waals surface area contributed by atoms with Gasteiger partial charge in [0.25, 0.3) is 5.56 Å². The van der Waals surface area contributed by atoms with Gasteiger partial charge in [0.2, 0.25) is 5.89 Å². The van der Waals surface area contributed by atoms with Crippen LogP contribution in [-0.4, -0.2) is 32.8 Å². The maximum absolute atomic E-state index is 12.1. The van der Waals surface area contributed by atoms with Gasteiger partial charge in [0.1, 0.15) is 5.76 Å². The Bertz CT molecular complexity index is 798. The van der Waals surface area contributed by atoms with Crippen molar-refractivity contribution in [3.05, 3.63) is 46.0 Å². The summed E-state index contributed by atoms with van der Waals surface area (Å²) in [7, 11) is 0. The molecule has 0 N–H and O–H groups in total. The minimum Gasteiger partial charge on any atom is -0.444 e. The zero-order valence-electron chi connectivity index (χ0n) is 15.7. The number of piperidine rings is 1. The summed E-state index contributed by atoms with van der Waals surface area (Å²) >= 11 is 0. The van der Waals surface area contributed by atoms with Gasteiger partial charge < -0.3 is 4.42 Å². The summed E-state index contributed by atoms with van der Waals surface area (Å²) in [5.74, 6) is 3.24. The highest BCUT2D eigenvalue weighted by Gasteiger charge is 2.26. The summed E-state index contributed by atoms with van der Waals surface area (Å²) in [5, 5.41) is 4.60. The van der Waals surface area contributed by atoms with Gasteiger partial charge in [-0.2, -0.15) is 5.10 Å². The van der Waals surface area contributed by atoms with Gasteiger partial charge in [-0.3, -0.25) is 9.69 Å². The van der Waals surface area contributed by atoms with E-state index in [9.17, 15) is 4.79 Å². The molecule has 1 saturated heterocycles. The lowest BCUT2D eigenvalue weighted by molar-refractivity contribution is 0.151. The van der Waals surface area contributed by atoms with Crippen molar-refractivity contribution < 1.29 is 4.42 Å². The van der Waals surface area contributed by atoms with Crippen LogP contribution in [0.25, 0.3) is 0 Å². The number of hydrogen-bond acceptors (Lipinski definition) is 5. The van der Waals surface area contributed by atoms with Crippen LogP contribution in [0.4, 0.5) is 0 Å².